The van der Waals surface area contributed by atoms with E-state index in [0.29, 0.717) is 18.7 Å². The second-order valence-corrected chi connectivity index (χ2v) is 6.43. The lowest BCUT2D eigenvalue weighted by Crippen LogP contribution is -2.54. The summed E-state index contributed by atoms with van der Waals surface area (Å²) in [5, 5.41) is 14.3. The Hall–Kier alpha value is -2.81. The third-order valence-corrected chi connectivity index (χ3v) is 4.24. The van der Waals surface area contributed by atoms with Crippen LogP contribution in [0.2, 0.25) is 0 Å². The second-order valence-electron chi connectivity index (χ2n) is 6.43. The molecular weight excluding hydrogens is 363 g/mol. The maximum atomic E-state index is 12.3. The lowest BCUT2D eigenvalue weighted by molar-refractivity contribution is -0.131. The van der Waals surface area contributed by atoms with E-state index in [1.54, 1.807) is 31.2 Å². The van der Waals surface area contributed by atoms with Gasteiger partial charge in [-0.25, -0.2) is 9.87 Å². The van der Waals surface area contributed by atoms with Gasteiger partial charge >= 0.3 is 0 Å². The van der Waals surface area contributed by atoms with Crippen molar-refractivity contribution in [3.05, 3.63) is 59.7 Å². The van der Waals surface area contributed by atoms with Crippen LogP contribution in [0.1, 0.15) is 22.8 Å². The number of amides is 2. The van der Waals surface area contributed by atoms with Gasteiger partial charge < -0.3 is 16.4 Å². The van der Waals surface area contributed by atoms with Crippen molar-refractivity contribution in [2.45, 2.75) is 25.6 Å². The monoisotopic (exact) mass is 388 g/mol. The molecule has 8 heteroatoms. The molecule has 2 aromatic carbocycles. The summed E-state index contributed by atoms with van der Waals surface area (Å²) in [7, 11) is 0. The van der Waals surface area contributed by atoms with Crippen LogP contribution in [0.15, 0.2) is 48.5 Å². The van der Waals surface area contributed by atoms with Gasteiger partial charge in [0.25, 0.3) is 11.8 Å². The molecule has 6 N–H and O–H groups in total. The van der Waals surface area contributed by atoms with Crippen molar-refractivity contribution >= 4 is 11.8 Å². The first-order chi connectivity index (χ1) is 13.5. The number of carbonyl (C=O) groups is 2. The van der Waals surface area contributed by atoms with E-state index in [0.717, 1.165) is 16.7 Å². The van der Waals surface area contributed by atoms with E-state index in [1.165, 1.54) is 5.48 Å². The molecule has 28 heavy (non-hydrogen) atoms. The van der Waals surface area contributed by atoms with Crippen molar-refractivity contribution in [1.29, 1.82) is 0 Å². The number of nitrogens with one attached hydrogen (secondary N) is 3. The van der Waals surface area contributed by atoms with Crippen molar-refractivity contribution in [1.82, 2.24) is 16.1 Å². The first-order valence-electron chi connectivity index (χ1n) is 8.92. The third kappa shape index (κ3) is 5.85. The van der Waals surface area contributed by atoms with Crippen LogP contribution in [0.5, 0.6) is 0 Å². The Morgan fingerprint density at radius 3 is 2.14 bits per heavy atom. The molecule has 0 aliphatic heterocycles. The van der Waals surface area contributed by atoms with Crippen molar-refractivity contribution in [2.24, 2.45) is 5.73 Å². The summed E-state index contributed by atoms with van der Waals surface area (Å²) >= 11 is 0. The summed E-state index contributed by atoms with van der Waals surface area (Å²) in [4.78, 5) is 23.9. The molecule has 0 unspecified atom stereocenters. The fourth-order valence-corrected chi connectivity index (χ4v) is 2.66. The summed E-state index contributed by atoms with van der Waals surface area (Å²) in [6, 6.07) is 13.0. The maximum Gasteiger partial charge on any atom is 0.267 e. The summed E-state index contributed by atoms with van der Waals surface area (Å²) in [5.74, 6) is -1.24. The number of carbonyl (C=O) groups excluding carboxylic acids is 2. The molecule has 0 aliphatic carbocycles. The lowest BCUT2D eigenvalue weighted by Gasteiger charge is -2.20. The van der Waals surface area contributed by atoms with Gasteiger partial charge in [0.2, 0.25) is 0 Å². The molecule has 0 heterocycles. The van der Waals surface area contributed by atoms with E-state index in [4.69, 9.17) is 10.9 Å². The zero-order chi connectivity index (χ0) is 20.5. The van der Waals surface area contributed by atoms with E-state index < -0.39 is 30.6 Å². The second kappa shape index (κ2) is 10.5. The molecule has 0 aromatic heterocycles. The van der Waals surface area contributed by atoms with Crippen LogP contribution >= 0.6 is 0 Å². The van der Waals surface area contributed by atoms with Gasteiger partial charge in [0, 0.05) is 24.7 Å². The molecule has 2 atom stereocenters. The van der Waals surface area contributed by atoms with Crippen molar-refractivity contribution in [3.63, 3.8) is 0 Å². The van der Waals surface area contributed by atoms with Crippen LogP contribution in [0.3, 0.4) is 0 Å². The Labute approximate surface area is 163 Å². The summed E-state index contributed by atoms with van der Waals surface area (Å²) in [6.07, 6.45) is 0. The molecule has 0 bridgehead atoms. The molecule has 0 radical (unpaired) electrons. The molecular formula is C20H25FN4O3. The van der Waals surface area contributed by atoms with Crippen molar-refractivity contribution < 1.29 is 19.2 Å². The fourth-order valence-electron chi connectivity index (χ4n) is 2.66. The molecule has 0 fully saturated rings. The zero-order valence-electron chi connectivity index (χ0n) is 15.6. The van der Waals surface area contributed by atoms with Gasteiger partial charge in [-0.1, -0.05) is 36.4 Å². The quantitative estimate of drug-likeness (QED) is 0.253. The number of hydrogen-bond donors (Lipinski definition) is 5. The number of rotatable bonds is 9. The number of hydrogen-bond acceptors (Lipinski definition) is 5. The minimum atomic E-state index is -1.05. The molecule has 0 aliphatic rings. The highest BCUT2D eigenvalue weighted by molar-refractivity contribution is 5.98. The van der Waals surface area contributed by atoms with E-state index in [1.807, 2.05) is 24.3 Å². The molecule has 0 saturated heterocycles. The van der Waals surface area contributed by atoms with Crippen LogP contribution in [0.4, 0.5) is 4.39 Å². The van der Waals surface area contributed by atoms with Gasteiger partial charge in [-0.2, -0.15) is 0 Å². The van der Waals surface area contributed by atoms with Crippen molar-refractivity contribution in [2.75, 3.05) is 13.2 Å². The van der Waals surface area contributed by atoms with E-state index in [2.05, 4.69) is 10.6 Å². The first-order valence-corrected chi connectivity index (χ1v) is 8.92. The van der Waals surface area contributed by atoms with E-state index in [-0.39, 0.29) is 0 Å². The van der Waals surface area contributed by atoms with Gasteiger partial charge in [-0.3, -0.25) is 14.8 Å². The average Bonchev–Trinajstić information content (AvgIpc) is 2.72. The molecule has 150 valence electrons. The number of hydroxylamine groups is 1. The molecule has 0 saturated carbocycles. The maximum absolute atomic E-state index is 12.3. The summed E-state index contributed by atoms with van der Waals surface area (Å²) < 4.78 is 12.1. The minimum Gasteiger partial charge on any atom is -0.339 e. The van der Waals surface area contributed by atoms with Gasteiger partial charge in [0.15, 0.2) is 0 Å². The fraction of sp³-hybridized carbons (Fsp3) is 0.300. The number of alkyl halides is 1. The minimum absolute atomic E-state index is 0.328. The molecule has 2 amide bonds. The normalized spacial score (nSPS) is 12.9. The van der Waals surface area contributed by atoms with E-state index in [9.17, 15) is 14.0 Å². The average molecular weight is 388 g/mol. The zero-order valence-corrected chi connectivity index (χ0v) is 15.6. The molecule has 0 spiro atoms. The standard InChI is InChI=1S/C20H25FN4O3/c1-13(22)18(20(27)25-28)24-19(26)17-8-6-16(7-9-17)15-4-2-14(3-5-15)12-23-11-10-21/h2-9,13,18,23,28H,10-12,22H2,1H3,(H,24,26)(H,25,27)/t13-,18+/m1/s1. The predicted octanol–water partition coefficient (Wildman–Crippen LogP) is 1.36. The van der Waals surface area contributed by atoms with Gasteiger partial charge in [0.05, 0.1) is 0 Å². The van der Waals surface area contributed by atoms with Gasteiger partial charge in [0.1, 0.15) is 12.7 Å². The van der Waals surface area contributed by atoms with Crippen LogP contribution < -0.4 is 21.8 Å². The number of nitrogens with two attached hydrogens (primary N) is 1. The summed E-state index contributed by atoms with van der Waals surface area (Å²) in [6.45, 7) is 2.09. The van der Waals surface area contributed by atoms with Crippen LogP contribution in [-0.4, -0.2) is 42.3 Å². The molecule has 7 nitrogen and oxygen atoms in total. The first kappa shape index (κ1) is 21.5. The van der Waals surface area contributed by atoms with Gasteiger partial charge in [-0.05, 0) is 35.7 Å². The Kier molecular flexibility index (Phi) is 8.06. The van der Waals surface area contributed by atoms with Crippen LogP contribution in [-0.2, 0) is 11.3 Å². The Balaban J connectivity index is 2.04. The molecule has 2 aromatic rings. The van der Waals surface area contributed by atoms with E-state index >= 15 is 0 Å². The predicted molar refractivity (Wildman–Crippen MR) is 104 cm³/mol. The summed E-state index contributed by atoms with van der Waals surface area (Å²) in [5.41, 5.74) is 10.5. The highest BCUT2D eigenvalue weighted by Gasteiger charge is 2.24. The SMILES string of the molecule is C[C@@H](N)[C@H](NC(=O)c1ccc(-c2ccc(CNCCF)cc2)cc1)C(=O)NO. The lowest BCUT2D eigenvalue weighted by atomic mass is 10.0. The Morgan fingerprint density at radius 1 is 1.07 bits per heavy atom. The third-order valence-electron chi connectivity index (χ3n) is 4.24. The van der Waals surface area contributed by atoms with Gasteiger partial charge in [-0.15, -0.1) is 0 Å². The Morgan fingerprint density at radius 2 is 1.64 bits per heavy atom. The smallest absolute Gasteiger partial charge is 0.267 e. The number of benzene rings is 2. The highest BCUT2D eigenvalue weighted by atomic mass is 19.1. The molecule has 2 rings (SSSR count). The largest absolute Gasteiger partial charge is 0.339 e. The van der Waals surface area contributed by atoms with Crippen molar-refractivity contribution in [3.8, 4) is 11.1 Å². The van der Waals surface area contributed by atoms with Crippen LogP contribution in [0.25, 0.3) is 11.1 Å². The Bertz CT molecular complexity index is 779. The van der Waals surface area contributed by atoms with Crippen LogP contribution in [0, 0.1) is 0 Å². The topological polar surface area (TPSA) is 116 Å². The number of halogens is 1. The highest BCUT2D eigenvalue weighted by Crippen LogP contribution is 2.20.